The van der Waals surface area contributed by atoms with Gasteiger partial charge in [-0.15, -0.1) is 0 Å². The number of aliphatic imine (C=N–C) groups is 1. The van der Waals surface area contributed by atoms with E-state index in [-0.39, 0.29) is 35.1 Å². The molecule has 1 aromatic heterocycles. The Morgan fingerprint density at radius 3 is 2.50 bits per heavy atom. The Morgan fingerprint density at radius 1 is 0.950 bits per heavy atom. The summed E-state index contributed by atoms with van der Waals surface area (Å²) in [6.45, 7) is 6.12. The fourth-order valence-electron chi connectivity index (χ4n) is 4.76. The highest BCUT2D eigenvalue weighted by Crippen LogP contribution is 2.31. The lowest BCUT2D eigenvalue weighted by Crippen LogP contribution is -2.30. The minimum absolute atomic E-state index is 0.0916. The highest BCUT2D eigenvalue weighted by atomic mass is 16.5. The molecule has 0 atom stereocenters. The Balaban J connectivity index is 1.34. The fraction of sp³-hybridized carbons (Fsp3) is 0.212. The van der Waals surface area contributed by atoms with E-state index in [0.717, 1.165) is 34.6 Å². The fourth-order valence-corrected chi connectivity index (χ4v) is 4.76. The third-order valence-corrected chi connectivity index (χ3v) is 6.71. The van der Waals surface area contributed by atoms with Gasteiger partial charge in [0, 0.05) is 23.0 Å². The average Bonchev–Trinajstić information content (AvgIpc) is 2.94. The van der Waals surface area contributed by atoms with Gasteiger partial charge in [0.2, 0.25) is 5.88 Å². The first-order valence-electron chi connectivity index (χ1n) is 13.1. The quantitative estimate of drug-likeness (QED) is 0.251. The summed E-state index contributed by atoms with van der Waals surface area (Å²) in [6, 6.07) is 23.7. The van der Waals surface area contributed by atoms with Crippen molar-refractivity contribution < 1.29 is 19.1 Å². The summed E-state index contributed by atoms with van der Waals surface area (Å²) in [7, 11) is 1.62. The Bertz CT molecular complexity index is 1610. The SMILES string of the molecule is COc1ccc2c(c1)C(CC(=O)c1cccc(NC(=O)c3cccnc3Oc3ccc(C)cc3)c1)=NC(C)(C)C2. The molecule has 5 rings (SSSR count). The van der Waals surface area contributed by atoms with E-state index in [1.165, 1.54) is 0 Å². The van der Waals surface area contributed by atoms with Gasteiger partial charge in [-0.3, -0.25) is 14.6 Å². The van der Waals surface area contributed by atoms with Crippen LogP contribution in [0.3, 0.4) is 0 Å². The zero-order valence-electron chi connectivity index (χ0n) is 23.0. The van der Waals surface area contributed by atoms with Crippen LogP contribution in [0.5, 0.6) is 17.4 Å². The second-order valence-electron chi connectivity index (χ2n) is 10.5. The molecule has 1 aliphatic heterocycles. The van der Waals surface area contributed by atoms with Gasteiger partial charge in [0.05, 0.1) is 24.8 Å². The molecule has 0 saturated carbocycles. The number of carbonyl (C=O) groups excluding carboxylic acids is 2. The Kier molecular flexibility index (Phi) is 7.47. The number of hydrogen-bond donors (Lipinski definition) is 1. The van der Waals surface area contributed by atoms with Crippen molar-refractivity contribution in [3.63, 3.8) is 0 Å². The minimum atomic E-state index is -0.390. The second-order valence-corrected chi connectivity index (χ2v) is 10.5. The molecule has 0 unspecified atom stereocenters. The first-order valence-corrected chi connectivity index (χ1v) is 13.1. The van der Waals surface area contributed by atoms with Gasteiger partial charge in [-0.05, 0) is 81.3 Å². The van der Waals surface area contributed by atoms with E-state index in [2.05, 4.69) is 24.1 Å². The van der Waals surface area contributed by atoms with Gasteiger partial charge in [-0.1, -0.05) is 35.9 Å². The number of rotatable bonds is 8. The average molecular weight is 534 g/mol. The number of ether oxygens (including phenoxy) is 2. The first-order chi connectivity index (χ1) is 19.2. The summed E-state index contributed by atoms with van der Waals surface area (Å²) in [5.74, 6) is 1.02. The predicted octanol–water partition coefficient (Wildman–Crippen LogP) is 6.84. The molecule has 1 aliphatic rings. The number of fused-ring (bicyclic) bond motifs is 1. The molecule has 0 radical (unpaired) electrons. The van der Waals surface area contributed by atoms with Crippen molar-refractivity contribution in [2.24, 2.45) is 4.99 Å². The number of nitrogens with one attached hydrogen (secondary N) is 1. The van der Waals surface area contributed by atoms with Gasteiger partial charge in [0.25, 0.3) is 5.91 Å². The largest absolute Gasteiger partial charge is 0.497 e. The number of Topliss-reactive ketones (excluding diaryl/α,β-unsaturated/α-hetero) is 1. The molecule has 3 aromatic carbocycles. The van der Waals surface area contributed by atoms with Crippen LogP contribution < -0.4 is 14.8 Å². The molecule has 0 saturated heterocycles. The van der Waals surface area contributed by atoms with E-state index >= 15 is 0 Å². The van der Waals surface area contributed by atoms with E-state index in [4.69, 9.17) is 14.5 Å². The van der Waals surface area contributed by atoms with Gasteiger partial charge in [-0.25, -0.2) is 4.98 Å². The molecule has 0 fully saturated rings. The zero-order valence-corrected chi connectivity index (χ0v) is 23.0. The molecule has 202 valence electrons. The number of pyridine rings is 1. The molecule has 1 N–H and O–H groups in total. The van der Waals surface area contributed by atoms with Gasteiger partial charge >= 0.3 is 0 Å². The number of hydrogen-bond acceptors (Lipinski definition) is 6. The van der Waals surface area contributed by atoms with Crippen LogP contribution in [0, 0.1) is 6.92 Å². The maximum atomic E-state index is 13.4. The van der Waals surface area contributed by atoms with E-state index in [1.807, 2.05) is 49.4 Å². The van der Waals surface area contributed by atoms with Crippen molar-refractivity contribution in [2.45, 2.75) is 39.2 Å². The van der Waals surface area contributed by atoms with E-state index in [0.29, 0.717) is 17.0 Å². The highest BCUT2D eigenvalue weighted by Gasteiger charge is 2.28. The van der Waals surface area contributed by atoms with Gasteiger partial charge in [-0.2, -0.15) is 0 Å². The number of aromatic nitrogens is 1. The number of amides is 1. The van der Waals surface area contributed by atoms with Crippen molar-refractivity contribution in [1.29, 1.82) is 0 Å². The highest BCUT2D eigenvalue weighted by molar-refractivity contribution is 6.17. The van der Waals surface area contributed by atoms with Crippen LogP contribution in [-0.2, 0) is 6.42 Å². The summed E-state index contributed by atoms with van der Waals surface area (Å²) < 4.78 is 11.3. The Morgan fingerprint density at radius 2 is 1.73 bits per heavy atom. The lowest BCUT2D eigenvalue weighted by molar-refractivity contribution is 0.0995. The molecular formula is C33H31N3O4. The van der Waals surface area contributed by atoms with Crippen molar-refractivity contribution >= 4 is 23.1 Å². The molecule has 1 amide bonds. The predicted molar refractivity (Wildman–Crippen MR) is 156 cm³/mol. The third-order valence-electron chi connectivity index (χ3n) is 6.71. The summed E-state index contributed by atoms with van der Waals surface area (Å²) in [5.41, 5.74) is 4.87. The van der Waals surface area contributed by atoms with E-state index < -0.39 is 0 Å². The number of benzene rings is 3. The van der Waals surface area contributed by atoms with Crippen molar-refractivity contribution in [3.8, 4) is 17.4 Å². The van der Waals surface area contributed by atoms with E-state index in [1.54, 1.807) is 49.7 Å². The summed E-state index contributed by atoms with van der Waals surface area (Å²) >= 11 is 0. The number of anilines is 1. The molecule has 0 aliphatic carbocycles. The normalized spacial score (nSPS) is 13.6. The Labute approximate surface area is 233 Å². The molecule has 0 bridgehead atoms. The van der Waals surface area contributed by atoms with Crippen LogP contribution in [0.2, 0.25) is 0 Å². The van der Waals surface area contributed by atoms with Gasteiger partial charge < -0.3 is 14.8 Å². The smallest absolute Gasteiger partial charge is 0.261 e. The van der Waals surface area contributed by atoms with Gasteiger partial charge in [0.1, 0.15) is 17.1 Å². The second kappa shape index (κ2) is 11.1. The van der Waals surface area contributed by atoms with Crippen LogP contribution in [0.25, 0.3) is 0 Å². The maximum Gasteiger partial charge on any atom is 0.261 e. The van der Waals surface area contributed by atoms with Crippen LogP contribution in [0.4, 0.5) is 5.69 Å². The molecule has 40 heavy (non-hydrogen) atoms. The number of aryl methyl sites for hydroxylation is 1. The van der Waals surface area contributed by atoms with Crippen LogP contribution in [0.1, 0.15) is 57.7 Å². The lowest BCUT2D eigenvalue weighted by Gasteiger charge is -2.29. The van der Waals surface area contributed by atoms with Crippen LogP contribution in [-0.4, -0.2) is 35.0 Å². The molecule has 2 heterocycles. The monoisotopic (exact) mass is 533 g/mol. The molecule has 4 aromatic rings. The lowest BCUT2D eigenvalue weighted by atomic mass is 9.85. The van der Waals surface area contributed by atoms with Crippen molar-refractivity contribution in [3.05, 3.63) is 113 Å². The topological polar surface area (TPSA) is 89.9 Å². The minimum Gasteiger partial charge on any atom is -0.497 e. The van der Waals surface area contributed by atoms with Crippen molar-refractivity contribution in [2.75, 3.05) is 12.4 Å². The van der Waals surface area contributed by atoms with Crippen LogP contribution in [0.15, 0.2) is 90.1 Å². The standard InChI is InChI=1S/C33H31N3O4/c1-21-10-13-25(14-11-21)40-32-27(9-6-16-34-32)31(38)35-24-8-5-7-22(17-24)30(37)19-29-28-18-26(39-4)15-12-23(28)20-33(2,3)36-29/h5-18H,19-20H2,1-4H3,(H,35,38). The van der Waals surface area contributed by atoms with Gasteiger partial charge in [0.15, 0.2) is 5.78 Å². The maximum absolute atomic E-state index is 13.4. The number of nitrogens with zero attached hydrogens (tertiary/aromatic N) is 2. The molecule has 7 heteroatoms. The summed E-state index contributed by atoms with van der Waals surface area (Å²) in [5, 5.41) is 2.88. The molecule has 0 spiro atoms. The molecular weight excluding hydrogens is 502 g/mol. The summed E-state index contributed by atoms with van der Waals surface area (Å²) in [4.78, 5) is 35.8. The van der Waals surface area contributed by atoms with Crippen molar-refractivity contribution in [1.82, 2.24) is 4.98 Å². The summed E-state index contributed by atoms with van der Waals surface area (Å²) in [6.07, 6.45) is 2.50. The number of ketones is 1. The number of methoxy groups -OCH3 is 1. The third kappa shape index (κ3) is 6.10. The first kappa shape index (κ1) is 26.8. The van der Waals surface area contributed by atoms with E-state index in [9.17, 15) is 9.59 Å². The Hall–Kier alpha value is -4.78. The number of carbonyl (C=O) groups is 2. The zero-order chi connectivity index (χ0) is 28.3. The molecule has 7 nitrogen and oxygen atoms in total. The van der Waals surface area contributed by atoms with Crippen LogP contribution >= 0.6 is 0 Å².